The average molecular weight is 329 g/mol. The van der Waals surface area contributed by atoms with Crippen LogP contribution >= 0.6 is 15.9 Å². The molecule has 0 aromatic heterocycles. The number of hydrogen-bond donors (Lipinski definition) is 1. The molecular weight excluding hydrogens is 312 g/mol. The highest BCUT2D eigenvalue weighted by atomic mass is 79.9. The normalized spacial score (nSPS) is 16.7. The molecule has 0 unspecified atom stereocenters. The summed E-state index contributed by atoms with van der Waals surface area (Å²) >= 11 is 3.42. The maximum atomic E-state index is 10.9. The zero-order chi connectivity index (χ0) is 14.0. The second-order valence-corrected chi connectivity index (χ2v) is 5.81. The summed E-state index contributed by atoms with van der Waals surface area (Å²) in [6, 6.07) is 3.43. The Labute approximate surface area is 120 Å². The monoisotopic (exact) mass is 328 g/mol. The fourth-order valence-electron chi connectivity index (χ4n) is 2.45. The Balaban J connectivity index is 2.22. The summed E-state index contributed by atoms with van der Waals surface area (Å²) in [4.78, 5) is 12.7. The summed E-state index contributed by atoms with van der Waals surface area (Å²) < 4.78 is 0.757. The number of aliphatic hydroxyl groups excluding tert-OH is 1. The number of benzene rings is 1. The number of rotatable bonds is 3. The van der Waals surface area contributed by atoms with Gasteiger partial charge in [-0.05, 0) is 47.7 Å². The van der Waals surface area contributed by atoms with Crippen molar-refractivity contribution in [2.45, 2.75) is 19.8 Å². The van der Waals surface area contributed by atoms with Crippen molar-refractivity contribution in [3.63, 3.8) is 0 Å². The van der Waals surface area contributed by atoms with Gasteiger partial charge in [0, 0.05) is 35.8 Å². The molecule has 1 aliphatic heterocycles. The Morgan fingerprint density at radius 3 is 2.63 bits per heavy atom. The molecule has 0 bridgehead atoms. The first-order valence-corrected chi connectivity index (χ1v) is 7.12. The van der Waals surface area contributed by atoms with E-state index in [1.165, 1.54) is 0 Å². The van der Waals surface area contributed by atoms with Crippen molar-refractivity contribution in [2.75, 3.05) is 24.6 Å². The van der Waals surface area contributed by atoms with Crippen molar-refractivity contribution in [3.05, 3.63) is 32.3 Å². The number of piperidine rings is 1. The van der Waals surface area contributed by atoms with E-state index < -0.39 is 0 Å². The number of nitro benzene ring substituents is 1. The van der Waals surface area contributed by atoms with E-state index in [1.54, 1.807) is 13.0 Å². The summed E-state index contributed by atoms with van der Waals surface area (Å²) in [5, 5.41) is 20.0. The molecule has 1 aliphatic rings. The minimum absolute atomic E-state index is 0.140. The Morgan fingerprint density at radius 2 is 2.11 bits per heavy atom. The number of aryl methyl sites for hydroxylation is 1. The van der Waals surface area contributed by atoms with Crippen molar-refractivity contribution in [2.24, 2.45) is 5.92 Å². The number of hydrogen-bond acceptors (Lipinski definition) is 4. The van der Waals surface area contributed by atoms with Crippen LogP contribution in [0.15, 0.2) is 16.6 Å². The standard InChI is InChI=1S/C13H17BrN2O3/c1-9-6-13(11(14)7-12(9)16(18)19)15-4-2-10(8-17)3-5-15/h6-7,10,17H,2-5,8H2,1H3. The second kappa shape index (κ2) is 5.88. The van der Waals surface area contributed by atoms with Crippen LogP contribution < -0.4 is 4.90 Å². The van der Waals surface area contributed by atoms with Gasteiger partial charge in [0.1, 0.15) is 0 Å². The van der Waals surface area contributed by atoms with Gasteiger partial charge in [0.15, 0.2) is 0 Å². The first-order valence-electron chi connectivity index (χ1n) is 6.33. The van der Waals surface area contributed by atoms with E-state index in [0.29, 0.717) is 11.5 Å². The third kappa shape index (κ3) is 3.06. The quantitative estimate of drug-likeness (QED) is 0.684. The molecule has 1 aromatic carbocycles. The maximum absolute atomic E-state index is 10.9. The molecule has 19 heavy (non-hydrogen) atoms. The van der Waals surface area contributed by atoms with Crippen LogP contribution in [-0.4, -0.2) is 29.7 Å². The molecule has 1 N–H and O–H groups in total. The third-order valence-electron chi connectivity index (χ3n) is 3.68. The molecule has 0 spiro atoms. The number of anilines is 1. The van der Waals surface area contributed by atoms with Crippen LogP contribution in [0.1, 0.15) is 18.4 Å². The summed E-state index contributed by atoms with van der Waals surface area (Å²) in [6.45, 7) is 3.75. The number of nitrogens with zero attached hydrogens (tertiary/aromatic N) is 2. The Bertz CT molecular complexity index is 485. The molecular formula is C13H17BrN2O3. The molecule has 104 valence electrons. The predicted molar refractivity (Wildman–Crippen MR) is 77.6 cm³/mol. The predicted octanol–water partition coefficient (Wildman–Crippen LogP) is 2.87. The van der Waals surface area contributed by atoms with Gasteiger partial charge < -0.3 is 10.0 Å². The maximum Gasteiger partial charge on any atom is 0.273 e. The lowest BCUT2D eigenvalue weighted by Crippen LogP contribution is -2.35. The van der Waals surface area contributed by atoms with E-state index in [-0.39, 0.29) is 17.2 Å². The summed E-state index contributed by atoms with van der Waals surface area (Å²) in [6.07, 6.45) is 1.91. The molecule has 0 amide bonds. The van der Waals surface area contributed by atoms with Crippen LogP contribution in [-0.2, 0) is 0 Å². The number of aliphatic hydroxyl groups is 1. The summed E-state index contributed by atoms with van der Waals surface area (Å²) in [5.41, 5.74) is 1.81. The zero-order valence-corrected chi connectivity index (χ0v) is 12.4. The summed E-state index contributed by atoms with van der Waals surface area (Å²) in [7, 11) is 0. The highest BCUT2D eigenvalue weighted by Crippen LogP contribution is 2.35. The van der Waals surface area contributed by atoms with Gasteiger partial charge in [0.2, 0.25) is 0 Å². The molecule has 0 saturated carbocycles. The Kier molecular flexibility index (Phi) is 4.42. The van der Waals surface area contributed by atoms with Crippen LogP contribution in [0.25, 0.3) is 0 Å². The largest absolute Gasteiger partial charge is 0.396 e. The van der Waals surface area contributed by atoms with Crippen molar-refractivity contribution >= 4 is 27.3 Å². The topological polar surface area (TPSA) is 66.6 Å². The molecule has 1 saturated heterocycles. The Hall–Kier alpha value is -1.14. The van der Waals surface area contributed by atoms with Crippen molar-refractivity contribution in [1.82, 2.24) is 0 Å². The smallest absolute Gasteiger partial charge is 0.273 e. The SMILES string of the molecule is Cc1cc(N2CCC(CO)CC2)c(Br)cc1[N+](=O)[O-]. The zero-order valence-electron chi connectivity index (χ0n) is 10.8. The van der Waals surface area contributed by atoms with Crippen LogP contribution in [0.3, 0.4) is 0 Å². The lowest BCUT2D eigenvalue weighted by Gasteiger charge is -2.33. The van der Waals surface area contributed by atoms with E-state index in [9.17, 15) is 10.1 Å². The van der Waals surface area contributed by atoms with Gasteiger partial charge in [0.25, 0.3) is 5.69 Å². The average Bonchev–Trinajstić information content (AvgIpc) is 2.41. The van der Waals surface area contributed by atoms with Gasteiger partial charge in [-0.3, -0.25) is 10.1 Å². The van der Waals surface area contributed by atoms with E-state index in [2.05, 4.69) is 20.8 Å². The van der Waals surface area contributed by atoms with Gasteiger partial charge in [-0.2, -0.15) is 0 Å². The van der Waals surface area contributed by atoms with E-state index in [1.807, 2.05) is 6.07 Å². The van der Waals surface area contributed by atoms with Gasteiger partial charge in [-0.1, -0.05) is 0 Å². The molecule has 0 aliphatic carbocycles. The van der Waals surface area contributed by atoms with Gasteiger partial charge in [0.05, 0.1) is 10.6 Å². The van der Waals surface area contributed by atoms with Crippen LogP contribution in [0.2, 0.25) is 0 Å². The number of halogens is 1. The molecule has 6 heteroatoms. The van der Waals surface area contributed by atoms with Gasteiger partial charge in [-0.25, -0.2) is 0 Å². The van der Waals surface area contributed by atoms with Crippen molar-refractivity contribution in [1.29, 1.82) is 0 Å². The number of nitro groups is 1. The van der Waals surface area contributed by atoms with Crippen LogP contribution in [0.5, 0.6) is 0 Å². The molecule has 1 heterocycles. The van der Waals surface area contributed by atoms with Gasteiger partial charge >= 0.3 is 0 Å². The van der Waals surface area contributed by atoms with E-state index in [0.717, 1.165) is 36.1 Å². The van der Waals surface area contributed by atoms with E-state index in [4.69, 9.17) is 5.11 Å². The summed E-state index contributed by atoms with van der Waals surface area (Å²) in [5.74, 6) is 0.383. The van der Waals surface area contributed by atoms with Gasteiger partial charge in [-0.15, -0.1) is 0 Å². The second-order valence-electron chi connectivity index (χ2n) is 4.96. The van der Waals surface area contributed by atoms with E-state index >= 15 is 0 Å². The Morgan fingerprint density at radius 1 is 1.47 bits per heavy atom. The third-order valence-corrected chi connectivity index (χ3v) is 4.31. The van der Waals surface area contributed by atoms with Crippen LogP contribution in [0.4, 0.5) is 11.4 Å². The minimum atomic E-state index is -0.359. The molecule has 1 aromatic rings. The van der Waals surface area contributed by atoms with Crippen molar-refractivity contribution < 1.29 is 10.0 Å². The van der Waals surface area contributed by atoms with Crippen LogP contribution in [0, 0.1) is 23.0 Å². The molecule has 0 radical (unpaired) electrons. The lowest BCUT2D eigenvalue weighted by molar-refractivity contribution is -0.385. The fourth-order valence-corrected chi connectivity index (χ4v) is 3.03. The highest BCUT2D eigenvalue weighted by Gasteiger charge is 2.22. The molecule has 2 rings (SSSR count). The highest BCUT2D eigenvalue weighted by molar-refractivity contribution is 9.10. The first kappa shape index (κ1) is 14.3. The minimum Gasteiger partial charge on any atom is -0.396 e. The molecule has 1 fully saturated rings. The lowest BCUT2D eigenvalue weighted by atomic mass is 9.97. The van der Waals surface area contributed by atoms with Crippen molar-refractivity contribution in [3.8, 4) is 0 Å². The first-order chi connectivity index (χ1) is 9.02. The fraction of sp³-hybridized carbons (Fsp3) is 0.538. The molecule has 5 nitrogen and oxygen atoms in total. The molecule has 0 atom stereocenters.